The van der Waals surface area contributed by atoms with Gasteiger partial charge in [0.25, 0.3) is 11.8 Å². The molecule has 1 saturated heterocycles. The van der Waals surface area contributed by atoms with Crippen LogP contribution in [0.3, 0.4) is 0 Å². The summed E-state index contributed by atoms with van der Waals surface area (Å²) in [6, 6.07) is 5.22. The summed E-state index contributed by atoms with van der Waals surface area (Å²) < 4.78 is 79.9. The maximum Gasteiger partial charge on any atom is 0.531 e. The fraction of sp³-hybridized carbons (Fsp3) is 0.569. The zero-order chi connectivity index (χ0) is 52.8. The Kier molecular flexibility index (Phi) is 15.5. The molecule has 4 heterocycles. The molecular formula is C51H67F2N4O13P. The lowest BCUT2D eigenvalue weighted by Gasteiger charge is -2.42. The molecule has 1 spiro atoms. The Morgan fingerprint density at radius 3 is 2.17 bits per heavy atom. The van der Waals surface area contributed by atoms with E-state index in [0.29, 0.717) is 47.7 Å². The number of nitrogens with one attached hydrogen (secondary N) is 1. The van der Waals surface area contributed by atoms with Gasteiger partial charge in [-0.25, -0.2) is 13.3 Å². The van der Waals surface area contributed by atoms with Crippen molar-refractivity contribution in [3.05, 3.63) is 91.9 Å². The van der Waals surface area contributed by atoms with Gasteiger partial charge in [0.2, 0.25) is 18.0 Å². The number of nitrogens with zero attached hydrogens (tertiary/aromatic N) is 3. The molecule has 2 bridgehead atoms. The zero-order valence-electron chi connectivity index (χ0n) is 43.1. The van der Waals surface area contributed by atoms with E-state index in [-0.39, 0.29) is 36.0 Å². The first-order valence-corrected chi connectivity index (χ1v) is 25.0. The first-order chi connectivity index (χ1) is 32.7. The monoisotopic (exact) mass is 1010 g/mol. The van der Waals surface area contributed by atoms with E-state index >= 15 is 0 Å². The van der Waals surface area contributed by atoms with E-state index in [1.54, 1.807) is 100 Å². The third-order valence-corrected chi connectivity index (χ3v) is 13.8. The molecule has 0 unspecified atom stereocenters. The molecule has 17 nitrogen and oxygen atoms in total. The fourth-order valence-electron chi connectivity index (χ4n) is 9.18. The number of esters is 2. The fourth-order valence-corrected chi connectivity index (χ4v) is 11.0. The minimum absolute atomic E-state index is 0.0140. The Bertz CT molecular complexity index is 2720. The normalized spacial score (nSPS) is 19.4. The number of ether oxygens (including phenoxy) is 3. The van der Waals surface area contributed by atoms with Crippen LogP contribution in [0.15, 0.2) is 46.5 Å². The van der Waals surface area contributed by atoms with Crippen LogP contribution in [-0.2, 0) is 55.9 Å². The lowest BCUT2D eigenvalue weighted by atomic mass is 9.77. The average Bonchev–Trinajstić information content (AvgIpc) is 3.52. The van der Waals surface area contributed by atoms with Crippen LogP contribution in [0, 0.1) is 18.6 Å². The van der Waals surface area contributed by atoms with Gasteiger partial charge < -0.3 is 38.4 Å². The van der Waals surface area contributed by atoms with Gasteiger partial charge in [-0.1, -0.05) is 31.1 Å². The highest BCUT2D eigenvalue weighted by atomic mass is 31.2. The number of halogens is 2. The maximum absolute atomic E-state index is 14.6. The van der Waals surface area contributed by atoms with Crippen molar-refractivity contribution in [2.24, 2.45) is 5.16 Å². The van der Waals surface area contributed by atoms with Gasteiger partial charge in [0.15, 0.2) is 11.3 Å². The number of oxime groups is 1. The van der Waals surface area contributed by atoms with E-state index in [0.717, 1.165) is 12.1 Å². The second kappa shape index (κ2) is 20.1. The summed E-state index contributed by atoms with van der Waals surface area (Å²) >= 11 is 0. The highest BCUT2D eigenvalue weighted by molar-refractivity contribution is 7.49. The molecule has 0 radical (unpaired) electrons. The number of phosphoric acid groups is 1. The van der Waals surface area contributed by atoms with Crippen LogP contribution in [0.1, 0.15) is 165 Å². The maximum atomic E-state index is 14.6. The molecule has 2 aromatic carbocycles. The number of rotatable bonds is 15. The molecule has 1 fully saturated rings. The topological polar surface area (TPSA) is 200 Å². The first kappa shape index (κ1) is 54.7. The number of phosphoric ester groups is 1. The molecular weight excluding hydrogens is 946 g/mol. The van der Waals surface area contributed by atoms with Crippen LogP contribution in [-0.4, -0.2) is 80.7 Å². The number of amides is 2. The summed E-state index contributed by atoms with van der Waals surface area (Å²) in [6.45, 7) is 23.0. The molecule has 71 heavy (non-hydrogen) atoms. The quantitative estimate of drug-likeness (QED) is 0.0859. The molecule has 6 rings (SSSR count). The van der Waals surface area contributed by atoms with Crippen LogP contribution in [0.4, 0.5) is 8.78 Å². The van der Waals surface area contributed by atoms with E-state index in [9.17, 15) is 37.3 Å². The second-order valence-electron chi connectivity index (χ2n) is 22.2. The van der Waals surface area contributed by atoms with Crippen LogP contribution >= 0.6 is 7.82 Å². The van der Waals surface area contributed by atoms with Crippen molar-refractivity contribution in [2.75, 3.05) is 13.3 Å². The third-order valence-electron chi connectivity index (χ3n) is 11.9. The summed E-state index contributed by atoms with van der Waals surface area (Å²) in [5.74, 6) is -5.27. The Morgan fingerprint density at radius 1 is 0.915 bits per heavy atom. The van der Waals surface area contributed by atoms with Gasteiger partial charge in [0.1, 0.15) is 28.5 Å². The third kappa shape index (κ3) is 13.1. The smallest absolute Gasteiger partial charge is 0.460 e. The molecule has 0 aliphatic carbocycles. The number of pyridine rings is 1. The second-order valence-corrected chi connectivity index (χ2v) is 23.7. The van der Waals surface area contributed by atoms with Gasteiger partial charge in [-0.15, -0.1) is 0 Å². The molecule has 3 atom stereocenters. The lowest BCUT2D eigenvalue weighted by Crippen LogP contribution is -2.52. The number of carbonyl (C=O) groups excluding carboxylic acids is 4. The van der Waals surface area contributed by atoms with Gasteiger partial charge >= 0.3 is 19.8 Å². The van der Waals surface area contributed by atoms with E-state index in [1.807, 2.05) is 13.8 Å². The largest absolute Gasteiger partial charge is 0.531 e. The van der Waals surface area contributed by atoms with E-state index < -0.39 is 114 Å². The number of aryl methyl sites for hydroxylation is 1. The summed E-state index contributed by atoms with van der Waals surface area (Å²) in [6.07, 6.45) is 1.97. The molecule has 20 heteroatoms. The Hall–Kier alpha value is -5.65. The number of fused-ring (bicyclic) bond motifs is 5. The van der Waals surface area contributed by atoms with E-state index in [2.05, 4.69) is 10.5 Å². The first-order valence-electron chi connectivity index (χ1n) is 23.6. The number of aromatic nitrogens is 1. The highest BCUT2D eigenvalue weighted by Crippen LogP contribution is 2.57. The van der Waals surface area contributed by atoms with E-state index in [4.69, 9.17) is 32.6 Å². The van der Waals surface area contributed by atoms with Crippen molar-refractivity contribution in [1.29, 1.82) is 0 Å². The zero-order valence-corrected chi connectivity index (χ0v) is 44.0. The van der Waals surface area contributed by atoms with Crippen molar-refractivity contribution in [3.8, 4) is 11.5 Å². The van der Waals surface area contributed by atoms with Gasteiger partial charge in [0, 0.05) is 54.4 Å². The Labute approximate surface area is 413 Å². The predicted octanol–water partition coefficient (Wildman–Crippen LogP) is 9.33. The van der Waals surface area contributed by atoms with Crippen molar-refractivity contribution in [3.63, 3.8) is 0 Å². The van der Waals surface area contributed by atoms with Crippen molar-refractivity contribution >= 4 is 37.3 Å². The minimum Gasteiger partial charge on any atom is -0.460 e. The molecule has 3 aliphatic rings. The molecule has 388 valence electrons. The Morgan fingerprint density at radius 2 is 1.58 bits per heavy atom. The van der Waals surface area contributed by atoms with Gasteiger partial charge in [-0.3, -0.25) is 33.0 Å². The standard InChI is InChI=1S/C51H67F2N4O13P/c1-29-19-33(21-39(58)66-47(4,5)6)41(37(20-29)67-71(63,69-48(7,8)9)70-49(10,11)12)50(13,14)24-40(59)64-28-65-44-42-46(62)56-27-38(51(18-17-31(56)3)23-30(2)55-68-51)57(42)26-35(43(44)60)45(61)54-25-32-15-16-34(52)22-36(32)53/h15-16,19-20,22,26,31,38H,17-18,21,23-25,27-28H2,1-14H3,(H,54,61)/t31-,38+,51-/m0/s1. The molecule has 2 amide bonds. The lowest BCUT2D eigenvalue weighted by molar-refractivity contribution is -0.154. The number of benzene rings is 2. The SMILES string of the molecule is CC1=NO[C@@]2(CC[C@H](C)N3C[C@H]2n2cc(C(=O)NCc4ccc(F)cc4F)c(=O)c(OCOC(=O)CC(C)(C)c4c(CC(=O)OC(C)(C)C)cc(C)cc4OP(=O)(OC(C)(C)C)OC(C)(C)C)c2C3=O)C1. The van der Waals surface area contributed by atoms with Crippen LogP contribution in [0.5, 0.6) is 11.5 Å². The molecule has 1 N–H and O–H groups in total. The molecule has 3 aromatic rings. The number of carbonyl (C=O) groups is 4. The minimum atomic E-state index is -4.44. The van der Waals surface area contributed by atoms with Crippen LogP contribution < -0.4 is 20.0 Å². The highest BCUT2D eigenvalue weighted by Gasteiger charge is 2.54. The van der Waals surface area contributed by atoms with Crippen molar-refractivity contribution in [1.82, 2.24) is 14.8 Å². The number of hydrogen-bond acceptors (Lipinski definition) is 14. The molecule has 1 aromatic heterocycles. The van der Waals surface area contributed by atoms with Crippen molar-refractivity contribution < 1.29 is 65.1 Å². The summed E-state index contributed by atoms with van der Waals surface area (Å²) in [5, 5.41) is 6.77. The Balaban J connectivity index is 1.36. The average molecular weight is 1010 g/mol. The summed E-state index contributed by atoms with van der Waals surface area (Å²) in [5.41, 5.74) is -4.81. The molecule has 0 saturated carbocycles. The van der Waals surface area contributed by atoms with Gasteiger partial charge in [-0.05, 0) is 119 Å². The van der Waals surface area contributed by atoms with Crippen molar-refractivity contribution in [2.45, 2.75) is 175 Å². The summed E-state index contributed by atoms with van der Waals surface area (Å²) in [4.78, 5) is 78.1. The van der Waals surface area contributed by atoms with Crippen LogP contribution in [0.2, 0.25) is 0 Å². The van der Waals surface area contributed by atoms with E-state index in [1.165, 1.54) is 10.8 Å². The predicted molar refractivity (Wildman–Crippen MR) is 258 cm³/mol. The summed E-state index contributed by atoms with van der Waals surface area (Å²) in [7, 11) is -4.44. The van der Waals surface area contributed by atoms with Crippen LogP contribution in [0.25, 0.3) is 0 Å². The van der Waals surface area contributed by atoms with Gasteiger partial charge in [0.05, 0.1) is 35.8 Å². The number of hydrogen-bond donors (Lipinski definition) is 1. The van der Waals surface area contributed by atoms with Gasteiger partial charge in [-0.2, -0.15) is 0 Å². The molecule has 3 aliphatic heterocycles.